The molecular formula is C13H20N2O2. The van der Waals surface area contributed by atoms with Crippen LogP contribution in [-0.2, 0) is 9.53 Å². The summed E-state index contributed by atoms with van der Waals surface area (Å²) in [5.74, 6) is 0.131. The second kappa shape index (κ2) is 7.04. The highest BCUT2D eigenvalue weighted by Crippen LogP contribution is 2.09. The number of hydrogen-bond donors (Lipinski definition) is 2. The predicted octanol–water partition coefficient (Wildman–Crippen LogP) is 1.09. The number of amides is 1. The average Bonchev–Trinajstić information content (AvgIpc) is 2.36. The van der Waals surface area contributed by atoms with Gasteiger partial charge < -0.3 is 15.8 Å². The number of benzene rings is 1. The van der Waals surface area contributed by atoms with Crippen molar-refractivity contribution in [2.45, 2.75) is 13.0 Å². The predicted molar refractivity (Wildman–Crippen MR) is 67.4 cm³/mol. The highest BCUT2D eigenvalue weighted by Gasteiger charge is 2.15. The molecule has 0 saturated carbocycles. The number of carbonyl (C=O) groups is 1. The summed E-state index contributed by atoms with van der Waals surface area (Å²) >= 11 is 0. The minimum Gasteiger partial charge on any atom is -0.384 e. The number of ether oxygens (including phenoxy) is 1. The monoisotopic (exact) mass is 236 g/mol. The lowest BCUT2D eigenvalue weighted by atomic mass is 10.1. The molecule has 1 rings (SSSR count). The Morgan fingerprint density at radius 1 is 1.41 bits per heavy atom. The summed E-state index contributed by atoms with van der Waals surface area (Å²) in [5.41, 5.74) is 6.68. The average molecular weight is 236 g/mol. The first-order valence-electron chi connectivity index (χ1n) is 5.72. The third kappa shape index (κ3) is 4.54. The van der Waals surface area contributed by atoms with Crippen LogP contribution in [0.1, 0.15) is 18.5 Å². The smallest absolute Gasteiger partial charge is 0.241 e. The molecule has 0 saturated heterocycles. The van der Waals surface area contributed by atoms with Crippen LogP contribution in [0.5, 0.6) is 0 Å². The van der Waals surface area contributed by atoms with Crippen LogP contribution >= 0.6 is 0 Å². The SMILES string of the molecule is COCC(C)CNC(=O)[C@H](N)c1ccccc1. The Labute approximate surface area is 102 Å². The molecule has 1 unspecified atom stereocenters. The zero-order valence-corrected chi connectivity index (χ0v) is 10.3. The molecule has 3 N–H and O–H groups in total. The number of nitrogens with one attached hydrogen (secondary N) is 1. The van der Waals surface area contributed by atoms with Gasteiger partial charge in [-0.15, -0.1) is 0 Å². The molecule has 2 atom stereocenters. The third-order valence-electron chi connectivity index (χ3n) is 2.52. The van der Waals surface area contributed by atoms with Crippen molar-refractivity contribution in [3.8, 4) is 0 Å². The highest BCUT2D eigenvalue weighted by molar-refractivity contribution is 5.82. The molecule has 1 amide bonds. The Hall–Kier alpha value is -1.39. The summed E-state index contributed by atoms with van der Waals surface area (Å²) in [4.78, 5) is 11.8. The second-order valence-electron chi connectivity index (χ2n) is 4.19. The van der Waals surface area contributed by atoms with Crippen LogP contribution in [0.4, 0.5) is 0 Å². The number of nitrogens with two attached hydrogens (primary N) is 1. The molecular weight excluding hydrogens is 216 g/mol. The fraction of sp³-hybridized carbons (Fsp3) is 0.462. The molecule has 0 radical (unpaired) electrons. The molecule has 0 aliphatic carbocycles. The Morgan fingerprint density at radius 3 is 2.65 bits per heavy atom. The van der Waals surface area contributed by atoms with Crippen molar-refractivity contribution >= 4 is 5.91 Å². The van der Waals surface area contributed by atoms with Crippen LogP contribution in [0, 0.1) is 5.92 Å². The van der Waals surface area contributed by atoms with E-state index in [9.17, 15) is 4.79 Å². The zero-order valence-electron chi connectivity index (χ0n) is 10.3. The number of rotatable bonds is 6. The van der Waals surface area contributed by atoms with E-state index in [4.69, 9.17) is 10.5 Å². The Balaban J connectivity index is 2.43. The van der Waals surface area contributed by atoms with E-state index in [1.54, 1.807) is 7.11 Å². The van der Waals surface area contributed by atoms with Crippen molar-refractivity contribution in [3.05, 3.63) is 35.9 Å². The Kier molecular flexibility index (Phi) is 5.66. The fourth-order valence-electron chi connectivity index (χ4n) is 1.54. The van der Waals surface area contributed by atoms with Crippen LogP contribution in [0.3, 0.4) is 0 Å². The van der Waals surface area contributed by atoms with Gasteiger partial charge in [0.05, 0.1) is 6.61 Å². The van der Waals surface area contributed by atoms with E-state index in [0.717, 1.165) is 5.56 Å². The molecule has 4 heteroatoms. The second-order valence-corrected chi connectivity index (χ2v) is 4.19. The fourth-order valence-corrected chi connectivity index (χ4v) is 1.54. The van der Waals surface area contributed by atoms with Crippen molar-refractivity contribution in [2.24, 2.45) is 11.7 Å². The zero-order chi connectivity index (χ0) is 12.7. The first-order valence-corrected chi connectivity index (χ1v) is 5.72. The highest BCUT2D eigenvalue weighted by atomic mass is 16.5. The largest absolute Gasteiger partial charge is 0.384 e. The van der Waals surface area contributed by atoms with Crippen LogP contribution in [0.25, 0.3) is 0 Å². The van der Waals surface area contributed by atoms with Gasteiger partial charge in [0.25, 0.3) is 0 Å². The quantitative estimate of drug-likeness (QED) is 0.777. The molecule has 4 nitrogen and oxygen atoms in total. The Bertz CT molecular complexity index is 341. The maximum Gasteiger partial charge on any atom is 0.241 e. The van der Waals surface area contributed by atoms with Gasteiger partial charge in [0.2, 0.25) is 5.91 Å². The van der Waals surface area contributed by atoms with Crippen LogP contribution in [-0.4, -0.2) is 26.2 Å². The molecule has 1 aromatic rings. The molecule has 0 spiro atoms. The lowest BCUT2D eigenvalue weighted by Gasteiger charge is -2.15. The maximum absolute atomic E-state index is 11.8. The summed E-state index contributed by atoms with van der Waals surface area (Å²) in [5, 5.41) is 2.82. The number of methoxy groups -OCH3 is 1. The van der Waals surface area contributed by atoms with Crippen molar-refractivity contribution in [1.29, 1.82) is 0 Å². The first kappa shape index (κ1) is 13.7. The molecule has 0 bridgehead atoms. The third-order valence-corrected chi connectivity index (χ3v) is 2.52. The van der Waals surface area contributed by atoms with Gasteiger partial charge in [-0.25, -0.2) is 0 Å². The van der Waals surface area contributed by atoms with Gasteiger partial charge in [-0.05, 0) is 11.5 Å². The summed E-state index contributed by atoms with van der Waals surface area (Å²) in [6, 6.07) is 8.73. The molecule has 0 aliphatic rings. The van der Waals surface area contributed by atoms with E-state index in [2.05, 4.69) is 5.32 Å². The van der Waals surface area contributed by atoms with E-state index in [1.165, 1.54) is 0 Å². The topological polar surface area (TPSA) is 64.3 Å². The normalized spacial score (nSPS) is 14.1. The van der Waals surface area contributed by atoms with E-state index in [0.29, 0.717) is 13.2 Å². The van der Waals surface area contributed by atoms with E-state index >= 15 is 0 Å². The molecule has 0 heterocycles. The minimum atomic E-state index is -0.606. The summed E-state index contributed by atoms with van der Waals surface area (Å²) in [6.07, 6.45) is 0. The first-order chi connectivity index (χ1) is 8.15. The number of hydrogen-bond acceptors (Lipinski definition) is 3. The molecule has 0 fully saturated rings. The molecule has 94 valence electrons. The van der Waals surface area contributed by atoms with Crippen LogP contribution < -0.4 is 11.1 Å². The summed E-state index contributed by atoms with van der Waals surface area (Å²) in [7, 11) is 1.65. The Morgan fingerprint density at radius 2 is 2.06 bits per heavy atom. The van der Waals surface area contributed by atoms with Crippen molar-refractivity contribution in [2.75, 3.05) is 20.3 Å². The van der Waals surface area contributed by atoms with Gasteiger partial charge >= 0.3 is 0 Å². The lowest BCUT2D eigenvalue weighted by Crippen LogP contribution is -2.37. The minimum absolute atomic E-state index is 0.154. The van der Waals surface area contributed by atoms with E-state index < -0.39 is 6.04 Å². The van der Waals surface area contributed by atoms with Gasteiger partial charge in [0.1, 0.15) is 6.04 Å². The summed E-state index contributed by atoms with van der Waals surface area (Å²) in [6.45, 7) is 3.21. The van der Waals surface area contributed by atoms with Crippen molar-refractivity contribution in [1.82, 2.24) is 5.32 Å². The molecule has 17 heavy (non-hydrogen) atoms. The van der Waals surface area contributed by atoms with Crippen molar-refractivity contribution in [3.63, 3.8) is 0 Å². The standard InChI is InChI=1S/C13H20N2O2/c1-10(9-17-2)8-15-13(16)12(14)11-6-4-3-5-7-11/h3-7,10,12H,8-9,14H2,1-2H3,(H,15,16)/t10?,12-/m1/s1. The maximum atomic E-state index is 11.8. The molecule has 0 aliphatic heterocycles. The number of carbonyl (C=O) groups excluding carboxylic acids is 1. The van der Waals surface area contributed by atoms with Gasteiger partial charge in [-0.1, -0.05) is 37.3 Å². The van der Waals surface area contributed by atoms with E-state index in [-0.39, 0.29) is 11.8 Å². The van der Waals surface area contributed by atoms with Gasteiger partial charge in [0, 0.05) is 13.7 Å². The van der Waals surface area contributed by atoms with Gasteiger partial charge in [-0.2, -0.15) is 0 Å². The summed E-state index contributed by atoms with van der Waals surface area (Å²) < 4.78 is 5.00. The lowest BCUT2D eigenvalue weighted by molar-refractivity contribution is -0.122. The van der Waals surface area contributed by atoms with Crippen molar-refractivity contribution < 1.29 is 9.53 Å². The van der Waals surface area contributed by atoms with Crippen LogP contribution in [0.15, 0.2) is 30.3 Å². The van der Waals surface area contributed by atoms with Crippen LogP contribution in [0.2, 0.25) is 0 Å². The molecule has 1 aromatic carbocycles. The van der Waals surface area contributed by atoms with Gasteiger partial charge in [-0.3, -0.25) is 4.79 Å². The van der Waals surface area contributed by atoms with E-state index in [1.807, 2.05) is 37.3 Å². The molecule has 0 aromatic heterocycles. The van der Waals surface area contributed by atoms with Gasteiger partial charge in [0.15, 0.2) is 0 Å².